The maximum Gasteiger partial charge on any atom is 0.328 e. The van der Waals surface area contributed by atoms with Gasteiger partial charge in [0.2, 0.25) is 12.5 Å². The van der Waals surface area contributed by atoms with Crippen LogP contribution in [-0.2, 0) is 25.7 Å². The molecule has 4 N–H and O–H groups in total. The summed E-state index contributed by atoms with van der Waals surface area (Å²) < 4.78 is 6.35. The molecule has 0 spiro atoms. The Kier molecular flexibility index (Phi) is 9.97. The summed E-state index contributed by atoms with van der Waals surface area (Å²) >= 11 is 0. The molecule has 0 aliphatic heterocycles. The molecule has 10 heteroatoms. The first-order valence-electron chi connectivity index (χ1n) is 12.8. The fraction of sp³-hybridized carbons (Fsp3) is 0.345. The van der Waals surface area contributed by atoms with E-state index >= 15 is 0 Å². The number of rotatable bonds is 10. The van der Waals surface area contributed by atoms with Gasteiger partial charge in [-0.3, -0.25) is 9.59 Å². The predicted molar refractivity (Wildman–Crippen MR) is 149 cm³/mol. The standard InChI is InChI=1S/C29H35N5O5/c1-18(2)25(33-29(38)31-23-14-8-11-20-10-6-7-13-22(20)23)27(36)30-21-12-9-15-34(16-21)17-24(35)32-26(19(3)4)28(37)39-5/h6-16,18-19,25-26H,17H2,1-5H3,(H3-,30,31,32,33,35,36,38)/p+1/t25-,26-/m0/s1. The minimum atomic E-state index is -0.816. The third-order valence-corrected chi connectivity index (χ3v) is 6.16. The average molecular weight is 535 g/mol. The second-order valence-electron chi connectivity index (χ2n) is 9.91. The smallest absolute Gasteiger partial charge is 0.328 e. The summed E-state index contributed by atoms with van der Waals surface area (Å²) in [5.41, 5.74) is 1.09. The number of fused-ring (bicyclic) bond motifs is 1. The van der Waals surface area contributed by atoms with Gasteiger partial charge in [0, 0.05) is 11.5 Å². The van der Waals surface area contributed by atoms with Gasteiger partial charge in [-0.15, -0.1) is 0 Å². The molecular weight excluding hydrogens is 498 g/mol. The number of amides is 4. The number of aromatic nitrogens is 1. The number of benzene rings is 2. The van der Waals surface area contributed by atoms with Crippen LogP contribution in [0.4, 0.5) is 16.2 Å². The van der Waals surface area contributed by atoms with E-state index in [1.54, 1.807) is 35.2 Å². The fourth-order valence-electron chi connectivity index (χ4n) is 4.09. The summed E-state index contributed by atoms with van der Waals surface area (Å²) in [6, 6.07) is 14.6. The van der Waals surface area contributed by atoms with Gasteiger partial charge >= 0.3 is 12.0 Å². The number of hydrogen-bond acceptors (Lipinski definition) is 5. The fourth-order valence-corrected chi connectivity index (χ4v) is 4.09. The van der Waals surface area contributed by atoms with E-state index in [2.05, 4.69) is 21.3 Å². The second kappa shape index (κ2) is 13.4. The first-order valence-corrected chi connectivity index (χ1v) is 12.8. The highest BCUT2D eigenvalue weighted by atomic mass is 16.5. The number of ether oxygens (including phenoxy) is 1. The van der Waals surface area contributed by atoms with Crippen LogP contribution in [-0.4, -0.2) is 43.0 Å². The summed E-state index contributed by atoms with van der Waals surface area (Å²) in [4.78, 5) is 50.4. The topological polar surface area (TPSA) is 130 Å². The summed E-state index contributed by atoms with van der Waals surface area (Å²) in [5.74, 6) is -1.63. The first kappa shape index (κ1) is 29.1. The largest absolute Gasteiger partial charge is 0.467 e. The van der Waals surface area contributed by atoms with Gasteiger partial charge in [0.25, 0.3) is 5.91 Å². The third kappa shape index (κ3) is 8.00. The maximum atomic E-state index is 13.1. The molecule has 0 fully saturated rings. The number of urea groups is 1. The molecule has 0 radical (unpaired) electrons. The zero-order valence-corrected chi connectivity index (χ0v) is 22.9. The van der Waals surface area contributed by atoms with Crippen LogP contribution in [0.1, 0.15) is 27.7 Å². The van der Waals surface area contributed by atoms with Crippen molar-refractivity contribution in [2.75, 3.05) is 17.7 Å². The van der Waals surface area contributed by atoms with E-state index in [-0.39, 0.29) is 24.3 Å². The Hall–Kier alpha value is -4.47. The SMILES string of the molecule is COC(=O)[C@@H](NC(=O)C[n+]1cccc(NC(=O)[C@@H](NC(=O)Nc2cccc3ccccc23)C(C)C)c1)C(C)C. The molecule has 2 aromatic carbocycles. The van der Waals surface area contributed by atoms with E-state index in [9.17, 15) is 19.2 Å². The van der Waals surface area contributed by atoms with Gasteiger partial charge in [-0.1, -0.05) is 64.1 Å². The molecule has 1 aromatic heterocycles. The zero-order valence-electron chi connectivity index (χ0n) is 22.9. The van der Waals surface area contributed by atoms with E-state index in [0.29, 0.717) is 11.4 Å². The van der Waals surface area contributed by atoms with Gasteiger partial charge in [-0.2, -0.15) is 4.57 Å². The number of esters is 1. The summed E-state index contributed by atoms with van der Waals surface area (Å²) in [7, 11) is 1.28. The minimum absolute atomic E-state index is 0.0662. The number of anilines is 2. The van der Waals surface area contributed by atoms with Crippen molar-refractivity contribution in [3.63, 3.8) is 0 Å². The van der Waals surface area contributed by atoms with Crippen LogP contribution >= 0.6 is 0 Å². The van der Waals surface area contributed by atoms with Gasteiger partial charge in [0.15, 0.2) is 12.4 Å². The highest BCUT2D eigenvalue weighted by Gasteiger charge is 2.27. The Bertz CT molecular complexity index is 1340. The summed E-state index contributed by atoms with van der Waals surface area (Å²) in [6.45, 7) is 7.23. The number of hydrogen-bond donors (Lipinski definition) is 4. The van der Waals surface area contributed by atoms with Gasteiger partial charge in [-0.25, -0.2) is 9.59 Å². The summed E-state index contributed by atoms with van der Waals surface area (Å²) in [5, 5.41) is 13.0. The van der Waals surface area contributed by atoms with Crippen molar-refractivity contribution >= 4 is 46.0 Å². The van der Waals surface area contributed by atoms with Crippen LogP contribution in [0.15, 0.2) is 67.0 Å². The number of carbonyl (C=O) groups is 4. The zero-order chi connectivity index (χ0) is 28.5. The molecule has 1 heterocycles. The van der Waals surface area contributed by atoms with Gasteiger partial charge in [0.05, 0.1) is 12.8 Å². The van der Waals surface area contributed by atoms with Crippen LogP contribution in [0.5, 0.6) is 0 Å². The lowest BCUT2D eigenvalue weighted by atomic mass is 10.0. The van der Waals surface area contributed by atoms with Crippen molar-refractivity contribution in [2.45, 2.75) is 46.3 Å². The molecule has 0 saturated heterocycles. The van der Waals surface area contributed by atoms with Crippen LogP contribution in [0.2, 0.25) is 0 Å². The second-order valence-corrected chi connectivity index (χ2v) is 9.91. The van der Waals surface area contributed by atoms with Crippen LogP contribution in [0.25, 0.3) is 10.8 Å². The lowest BCUT2D eigenvalue weighted by Gasteiger charge is -2.22. The molecule has 0 aliphatic rings. The molecule has 3 rings (SSSR count). The molecule has 10 nitrogen and oxygen atoms in total. The lowest BCUT2D eigenvalue weighted by Crippen LogP contribution is -2.50. The Balaban J connectivity index is 1.64. The number of nitrogens with one attached hydrogen (secondary N) is 4. The normalized spacial score (nSPS) is 12.5. The first-order chi connectivity index (χ1) is 18.6. The molecule has 2 atom stereocenters. The van der Waals surface area contributed by atoms with E-state index in [1.807, 2.05) is 64.1 Å². The van der Waals surface area contributed by atoms with E-state index in [1.165, 1.54) is 7.11 Å². The average Bonchev–Trinajstić information content (AvgIpc) is 2.90. The molecule has 0 bridgehead atoms. The molecule has 3 aromatic rings. The molecule has 206 valence electrons. The maximum absolute atomic E-state index is 13.1. The highest BCUT2D eigenvalue weighted by Crippen LogP contribution is 2.23. The molecule has 4 amide bonds. The van der Waals surface area contributed by atoms with Crippen LogP contribution < -0.4 is 25.8 Å². The minimum Gasteiger partial charge on any atom is -0.467 e. The van der Waals surface area contributed by atoms with Gasteiger partial charge in [-0.05, 0) is 29.4 Å². The quantitative estimate of drug-likeness (QED) is 0.234. The monoisotopic (exact) mass is 534 g/mol. The highest BCUT2D eigenvalue weighted by molar-refractivity contribution is 6.03. The van der Waals surface area contributed by atoms with Crippen molar-refractivity contribution in [3.8, 4) is 0 Å². The lowest BCUT2D eigenvalue weighted by molar-refractivity contribution is -0.683. The van der Waals surface area contributed by atoms with E-state index in [4.69, 9.17) is 4.74 Å². The Morgan fingerprint density at radius 1 is 0.821 bits per heavy atom. The summed E-state index contributed by atoms with van der Waals surface area (Å²) in [6.07, 6.45) is 3.28. The molecule has 0 aliphatic carbocycles. The molecular formula is C29H36N5O5+. The Morgan fingerprint density at radius 2 is 1.51 bits per heavy atom. The number of pyridine rings is 1. The Labute approximate surface area is 228 Å². The van der Waals surface area contributed by atoms with Gasteiger partial charge in [0.1, 0.15) is 17.8 Å². The number of methoxy groups -OCH3 is 1. The van der Waals surface area contributed by atoms with E-state index in [0.717, 1.165) is 10.8 Å². The number of nitrogens with zero attached hydrogens (tertiary/aromatic N) is 1. The van der Waals surface area contributed by atoms with Crippen molar-refractivity contribution in [1.29, 1.82) is 0 Å². The van der Waals surface area contributed by atoms with Crippen molar-refractivity contribution in [1.82, 2.24) is 10.6 Å². The van der Waals surface area contributed by atoms with E-state index < -0.39 is 30.0 Å². The van der Waals surface area contributed by atoms with Crippen LogP contribution in [0, 0.1) is 11.8 Å². The molecule has 39 heavy (non-hydrogen) atoms. The van der Waals surface area contributed by atoms with Crippen LogP contribution in [0.3, 0.4) is 0 Å². The van der Waals surface area contributed by atoms with Crippen molar-refractivity contribution in [3.05, 3.63) is 67.0 Å². The van der Waals surface area contributed by atoms with Crippen molar-refractivity contribution in [2.24, 2.45) is 11.8 Å². The Morgan fingerprint density at radius 3 is 2.21 bits per heavy atom. The predicted octanol–water partition coefficient (Wildman–Crippen LogP) is 3.23. The third-order valence-electron chi connectivity index (χ3n) is 6.16. The van der Waals surface area contributed by atoms with Crippen molar-refractivity contribution < 1.29 is 28.5 Å². The number of carbonyl (C=O) groups excluding carboxylic acids is 4. The molecule has 0 unspecified atom stereocenters. The van der Waals surface area contributed by atoms with Gasteiger partial charge < -0.3 is 26.0 Å². The molecule has 0 saturated carbocycles.